The zero-order valence-electron chi connectivity index (χ0n) is 20.2. The van der Waals surface area contributed by atoms with E-state index in [0.29, 0.717) is 22.8 Å². The molecule has 1 atom stereocenters. The highest BCUT2D eigenvalue weighted by atomic mass is 35.5. The maximum Gasteiger partial charge on any atom is 0.0946 e. The smallest absolute Gasteiger partial charge is 0.0946 e. The number of piperazine rings is 1. The van der Waals surface area contributed by atoms with Gasteiger partial charge in [-0.1, -0.05) is 56.3 Å². The summed E-state index contributed by atoms with van der Waals surface area (Å²) in [5.41, 5.74) is 19.1. The van der Waals surface area contributed by atoms with Gasteiger partial charge in [0.05, 0.1) is 28.9 Å². The Morgan fingerprint density at radius 1 is 1.20 bits per heavy atom. The molecule has 6 nitrogen and oxygen atoms in total. The molecule has 0 amide bonds. The van der Waals surface area contributed by atoms with E-state index >= 15 is 0 Å². The third-order valence-electron chi connectivity index (χ3n) is 6.66. The number of halogens is 1. The first-order chi connectivity index (χ1) is 16.8. The summed E-state index contributed by atoms with van der Waals surface area (Å²) < 4.78 is 0. The quantitative estimate of drug-likeness (QED) is 0.278. The fourth-order valence-corrected chi connectivity index (χ4v) is 4.79. The van der Waals surface area contributed by atoms with Gasteiger partial charge in [-0.25, -0.2) is 4.98 Å². The summed E-state index contributed by atoms with van der Waals surface area (Å²) in [6.45, 7) is 13.2. The average molecular weight is 489 g/mol. The zero-order valence-corrected chi connectivity index (χ0v) is 21.0. The molecule has 182 valence electrons. The molecule has 0 radical (unpaired) electrons. The molecule has 35 heavy (non-hydrogen) atoms. The number of nitrogen functional groups attached to an aromatic ring is 1. The molecule has 0 aliphatic carbocycles. The molecule has 2 aromatic carbocycles. The largest absolute Gasteiger partial charge is 0.398 e. The molecular weight excluding hydrogens is 456 g/mol. The van der Waals surface area contributed by atoms with E-state index in [2.05, 4.69) is 29.9 Å². The Labute approximate surface area is 212 Å². The molecule has 1 aliphatic rings. The van der Waals surface area contributed by atoms with Gasteiger partial charge in [0, 0.05) is 52.9 Å². The van der Waals surface area contributed by atoms with Crippen molar-refractivity contribution in [3.63, 3.8) is 0 Å². The molecular formula is C28H33ClN6. The molecule has 1 unspecified atom stereocenters. The van der Waals surface area contributed by atoms with E-state index in [0.717, 1.165) is 71.5 Å². The summed E-state index contributed by atoms with van der Waals surface area (Å²) in [5.74, 6) is 0. The molecule has 4 rings (SSSR count). The van der Waals surface area contributed by atoms with Crippen LogP contribution in [-0.2, 0) is 0 Å². The first kappa shape index (κ1) is 24.8. The molecule has 1 saturated heterocycles. The van der Waals surface area contributed by atoms with E-state index in [1.54, 1.807) is 6.07 Å². The van der Waals surface area contributed by atoms with Crippen molar-refractivity contribution < 1.29 is 0 Å². The van der Waals surface area contributed by atoms with Crippen LogP contribution in [0.3, 0.4) is 0 Å². The van der Waals surface area contributed by atoms with Crippen molar-refractivity contribution in [3.05, 3.63) is 77.5 Å². The molecule has 5 N–H and O–H groups in total. The number of aromatic nitrogens is 1. The van der Waals surface area contributed by atoms with Crippen LogP contribution in [0.4, 0.5) is 5.69 Å². The number of fused-ring (bicyclic) bond motifs is 1. The molecule has 1 fully saturated rings. The van der Waals surface area contributed by atoms with Gasteiger partial charge < -0.3 is 26.7 Å². The molecule has 3 aromatic rings. The third-order valence-corrected chi connectivity index (χ3v) is 6.97. The molecule has 0 bridgehead atoms. The van der Waals surface area contributed by atoms with Gasteiger partial charge in [0.25, 0.3) is 0 Å². The Kier molecular flexibility index (Phi) is 7.43. The van der Waals surface area contributed by atoms with Crippen molar-refractivity contribution in [3.8, 4) is 11.3 Å². The summed E-state index contributed by atoms with van der Waals surface area (Å²) in [4.78, 5) is 9.33. The van der Waals surface area contributed by atoms with E-state index in [1.807, 2.05) is 36.4 Å². The van der Waals surface area contributed by atoms with Gasteiger partial charge >= 0.3 is 0 Å². The Hall–Kier alpha value is -3.35. The summed E-state index contributed by atoms with van der Waals surface area (Å²) in [6.07, 6.45) is 4.40. The molecule has 1 aromatic heterocycles. The van der Waals surface area contributed by atoms with Gasteiger partial charge in [-0.2, -0.15) is 0 Å². The highest BCUT2D eigenvalue weighted by molar-refractivity contribution is 6.35. The molecule has 1 aliphatic heterocycles. The van der Waals surface area contributed by atoms with Crippen molar-refractivity contribution in [2.24, 2.45) is 5.73 Å². The van der Waals surface area contributed by atoms with Crippen LogP contribution in [0.2, 0.25) is 5.02 Å². The Balaban J connectivity index is 1.58. The minimum atomic E-state index is -0.113. The first-order valence-corrected chi connectivity index (χ1v) is 12.3. The van der Waals surface area contributed by atoms with Gasteiger partial charge in [-0.15, -0.1) is 0 Å². The van der Waals surface area contributed by atoms with Gasteiger partial charge in [0.1, 0.15) is 0 Å². The monoisotopic (exact) mass is 488 g/mol. The maximum atomic E-state index is 7.59. The minimum Gasteiger partial charge on any atom is -0.398 e. The number of hydrogen-bond donors (Lipinski definition) is 3. The number of anilines is 1. The minimum absolute atomic E-state index is 0.113. The molecule has 0 spiro atoms. The highest BCUT2D eigenvalue weighted by Gasteiger charge is 2.26. The van der Waals surface area contributed by atoms with Crippen LogP contribution in [0, 0.1) is 5.41 Å². The van der Waals surface area contributed by atoms with Crippen LogP contribution in [0.25, 0.3) is 27.9 Å². The summed E-state index contributed by atoms with van der Waals surface area (Å²) in [5, 5.41) is 9.09. The fraction of sp³-hybridized carbons (Fsp3) is 0.286. The van der Waals surface area contributed by atoms with Crippen molar-refractivity contribution >= 4 is 40.1 Å². The second-order valence-corrected chi connectivity index (χ2v) is 9.44. The number of benzene rings is 2. The van der Waals surface area contributed by atoms with Gasteiger partial charge in [0.2, 0.25) is 0 Å². The van der Waals surface area contributed by atoms with Crippen LogP contribution in [-0.4, -0.2) is 46.8 Å². The molecule has 0 saturated carbocycles. The maximum absolute atomic E-state index is 7.59. The van der Waals surface area contributed by atoms with E-state index in [9.17, 15) is 0 Å². The van der Waals surface area contributed by atoms with Gasteiger partial charge in [-0.05, 0) is 42.7 Å². The Morgan fingerprint density at radius 3 is 2.71 bits per heavy atom. The molecule has 2 heterocycles. The summed E-state index contributed by atoms with van der Waals surface area (Å²) in [7, 11) is 0. The number of unbranched alkanes of at least 4 members (excludes halogenated alkanes) is 1. The van der Waals surface area contributed by atoms with Crippen LogP contribution in [0.1, 0.15) is 37.3 Å². The first-order valence-electron chi connectivity index (χ1n) is 12.0. The van der Waals surface area contributed by atoms with Crippen LogP contribution >= 0.6 is 11.6 Å². The van der Waals surface area contributed by atoms with Gasteiger partial charge in [0.15, 0.2) is 0 Å². The van der Waals surface area contributed by atoms with Gasteiger partial charge in [-0.3, -0.25) is 0 Å². The SMILES string of the molecule is C=C(c1ccc2c(Cl)cc(-c3ccc(N)c(C=N)c3)nc2c1)N1CCN(C(=C)CCCC)C(N)C1. The van der Waals surface area contributed by atoms with Crippen molar-refractivity contribution in [1.82, 2.24) is 14.8 Å². The summed E-state index contributed by atoms with van der Waals surface area (Å²) in [6, 6.07) is 13.4. The predicted molar refractivity (Wildman–Crippen MR) is 148 cm³/mol. The third kappa shape index (κ3) is 5.19. The number of allylic oxidation sites excluding steroid dienone is 1. The average Bonchev–Trinajstić information content (AvgIpc) is 2.86. The highest BCUT2D eigenvalue weighted by Crippen LogP contribution is 2.32. The van der Waals surface area contributed by atoms with Crippen LogP contribution in [0.15, 0.2) is 61.3 Å². The Bertz CT molecular complexity index is 1280. The fourth-order valence-electron chi connectivity index (χ4n) is 4.53. The lowest BCUT2D eigenvalue weighted by atomic mass is 10.0. The van der Waals surface area contributed by atoms with Crippen molar-refractivity contribution in [2.75, 3.05) is 25.4 Å². The lowest BCUT2D eigenvalue weighted by Gasteiger charge is -2.43. The van der Waals surface area contributed by atoms with E-state index in [-0.39, 0.29) is 6.17 Å². The number of hydrogen-bond acceptors (Lipinski definition) is 6. The lowest BCUT2D eigenvalue weighted by molar-refractivity contribution is 0.142. The number of rotatable bonds is 8. The lowest BCUT2D eigenvalue weighted by Crippen LogP contribution is -2.55. The summed E-state index contributed by atoms with van der Waals surface area (Å²) >= 11 is 6.63. The van der Waals surface area contributed by atoms with Crippen molar-refractivity contribution in [2.45, 2.75) is 32.4 Å². The topological polar surface area (TPSA) is 95.3 Å². The standard InChI is InChI=1S/C28H33ClN6/c1-4-5-6-18(2)35-12-11-34(17-28(35)32)19(3)20-7-9-23-24(29)15-26(33-27(23)14-20)21-8-10-25(31)22(13-21)16-30/h7-10,13-16,28,30H,2-6,11-12,17,31-32H2,1H3. The number of nitrogens with zero attached hydrogens (tertiary/aromatic N) is 3. The van der Waals surface area contributed by atoms with Crippen LogP contribution in [0.5, 0.6) is 0 Å². The number of nitrogens with two attached hydrogens (primary N) is 2. The second kappa shape index (κ2) is 10.5. The second-order valence-electron chi connectivity index (χ2n) is 9.03. The zero-order chi connectivity index (χ0) is 25.1. The Morgan fingerprint density at radius 2 is 2.00 bits per heavy atom. The molecule has 7 heteroatoms. The van der Waals surface area contributed by atoms with E-state index < -0.39 is 0 Å². The van der Waals surface area contributed by atoms with E-state index in [4.69, 9.17) is 33.5 Å². The normalized spacial score (nSPS) is 15.9. The number of pyridine rings is 1. The van der Waals surface area contributed by atoms with E-state index in [1.165, 1.54) is 6.21 Å². The van der Waals surface area contributed by atoms with Crippen LogP contribution < -0.4 is 11.5 Å². The predicted octanol–water partition coefficient (Wildman–Crippen LogP) is 5.71. The van der Waals surface area contributed by atoms with Crippen molar-refractivity contribution in [1.29, 1.82) is 5.41 Å². The number of nitrogens with one attached hydrogen (secondary N) is 1.